The molecule has 2 aliphatic carbocycles. The quantitative estimate of drug-likeness (QED) is 0.550. The zero-order chi connectivity index (χ0) is 19.6. The van der Waals surface area contributed by atoms with Gasteiger partial charge >= 0.3 is 0 Å². The second-order valence-electron chi connectivity index (χ2n) is 8.25. The van der Waals surface area contributed by atoms with Crippen LogP contribution in [0.15, 0.2) is 37.1 Å². The smallest absolute Gasteiger partial charge is 0.244 e. The lowest BCUT2D eigenvalue weighted by Crippen LogP contribution is -2.34. The zero-order valence-electron chi connectivity index (χ0n) is 16.0. The Labute approximate surface area is 166 Å². The summed E-state index contributed by atoms with van der Waals surface area (Å²) in [7, 11) is 1.61. The molecule has 2 bridgehead atoms. The average molecular weight is 391 g/mol. The number of nitrogens with zero attached hydrogens (tertiary/aromatic N) is 6. The number of hydrogen-bond acceptors (Lipinski definition) is 7. The minimum Gasteiger partial charge on any atom is -0.479 e. The van der Waals surface area contributed by atoms with Gasteiger partial charge in [-0.05, 0) is 38.2 Å². The number of hydrogen-bond donors (Lipinski definition) is 2. The molecule has 4 heterocycles. The number of fused-ring (bicyclic) bond motifs is 4. The molecule has 4 aromatic rings. The van der Waals surface area contributed by atoms with Gasteiger partial charge in [-0.2, -0.15) is 4.98 Å². The summed E-state index contributed by atoms with van der Waals surface area (Å²) in [6.07, 6.45) is 13.5. The molecule has 2 N–H and O–H groups in total. The Balaban J connectivity index is 1.42. The Morgan fingerprint density at radius 1 is 1.17 bits per heavy atom. The van der Waals surface area contributed by atoms with Crippen LogP contribution < -0.4 is 10.1 Å². The van der Waals surface area contributed by atoms with Crippen molar-refractivity contribution in [2.75, 3.05) is 12.4 Å². The monoisotopic (exact) mass is 391 g/mol. The van der Waals surface area contributed by atoms with E-state index in [1.165, 1.54) is 0 Å². The Morgan fingerprint density at radius 2 is 2.03 bits per heavy atom. The van der Waals surface area contributed by atoms with Crippen molar-refractivity contribution in [2.45, 2.75) is 43.2 Å². The normalized spacial score (nSPS) is 25.9. The summed E-state index contributed by atoms with van der Waals surface area (Å²) < 4.78 is 9.29. The molecule has 0 amide bonds. The SMILES string of the molecule is COc1nc(NC23CCC(O)(CC2)C3)nn2ccc(-c3cnc4nccn4c3)c12. The van der Waals surface area contributed by atoms with E-state index in [4.69, 9.17) is 4.74 Å². The molecule has 6 rings (SSSR count). The largest absolute Gasteiger partial charge is 0.479 e. The van der Waals surface area contributed by atoms with Crippen molar-refractivity contribution < 1.29 is 9.84 Å². The molecule has 0 radical (unpaired) electrons. The van der Waals surface area contributed by atoms with Crippen LogP contribution in [0.25, 0.3) is 22.4 Å². The number of imidazole rings is 1. The van der Waals surface area contributed by atoms with Gasteiger partial charge in [0.25, 0.3) is 0 Å². The van der Waals surface area contributed by atoms with Gasteiger partial charge in [0.1, 0.15) is 5.52 Å². The Hall–Kier alpha value is -3.20. The molecule has 0 saturated heterocycles. The maximum Gasteiger partial charge on any atom is 0.244 e. The maximum atomic E-state index is 10.5. The van der Waals surface area contributed by atoms with Crippen molar-refractivity contribution in [1.29, 1.82) is 0 Å². The van der Waals surface area contributed by atoms with Crippen molar-refractivity contribution in [3.05, 3.63) is 37.1 Å². The second-order valence-corrected chi connectivity index (χ2v) is 8.25. The van der Waals surface area contributed by atoms with Crippen molar-refractivity contribution in [2.24, 2.45) is 0 Å². The Kier molecular flexibility index (Phi) is 3.27. The summed E-state index contributed by atoms with van der Waals surface area (Å²) in [6.45, 7) is 0. The predicted molar refractivity (Wildman–Crippen MR) is 106 cm³/mol. The van der Waals surface area contributed by atoms with E-state index in [0.717, 1.165) is 48.7 Å². The molecule has 0 spiro atoms. The fraction of sp³-hybridized carbons (Fsp3) is 0.400. The van der Waals surface area contributed by atoms with Gasteiger partial charge in [-0.15, -0.1) is 5.10 Å². The van der Waals surface area contributed by atoms with Gasteiger partial charge in [-0.25, -0.2) is 14.5 Å². The molecule has 2 aliphatic rings. The summed E-state index contributed by atoms with van der Waals surface area (Å²) in [5, 5.41) is 18.7. The molecule has 29 heavy (non-hydrogen) atoms. The molecule has 2 fully saturated rings. The number of aliphatic hydroxyl groups is 1. The first-order valence-electron chi connectivity index (χ1n) is 9.80. The third-order valence-corrected chi connectivity index (χ3v) is 6.41. The lowest BCUT2D eigenvalue weighted by molar-refractivity contribution is 0.0521. The number of rotatable bonds is 4. The second kappa shape index (κ2) is 5.66. The maximum absolute atomic E-state index is 10.5. The first-order valence-corrected chi connectivity index (χ1v) is 9.80. The Bertz CT molecular complexity index is 1240. The van der Waals surface area contributed by atoms with E-state index in [-0.39, 0.29) is 5.54 Å². The minimum absolute atomic E-state index is 0.125. The van der Waals surface area contributed by atoms with E-state index < -0.39 is 5.60 Å². The van der Waals surface area contributed by atoms with E-state index in [1.54, 1.807) is 24.0 Å². The molecular weight excluding hydrogens is 370 g/mol. The fourth-order valence-electron chi connectivity index (χ4n) is 4.96. The topological polar surface area (TPSA) is 102 Å². The lowest BCUT2D eigenvalue weighted by Gasteiger charge is -2.27. The van der Waals surface area contributed by atoms with Crippen LogP contribution in [-0.2, 0) is 0 Å². The standard InChI is InChI=1S/C20H21N7O2/c1-29-16-15-14(13-10-22-18-21-7-9-26(18)11-13)2-8-27(15)25-17(23-16)24-19-3-5-20(28,12-19)6-4-19/h2,7-11,28H,3-6,12H2,1H3,(H,24,25). The number of ether oxygens (including phenoxy) is 1. The molecule has 148 valence electrons. The van der Waals surface area contributed by atoms with Crippen LogP contribution in [0.4, 0.5) is 5.95 Å². The highest BCUT2D eigenvalue weighted by Crippen LogP contribution is 2.51. The van der Waals surface area contributed by atoms with E-state index in [2.05, 4.69) is 25.4 Å². The van der Waals surface area contributed by atoms with Gasteiger partial charge in [0.05, 0.1) is 12.7 Å². The van der Waals surface area contributed by atoms with Gasteiger partial charge in [-0.1, -0.05) is 0 Å². The summed E-state index contributed by atoms with van der Waals surface area (Å²) in [5.41, 5.74) is 1.99. The molecule has 0 atom stereocenters. The average Bonchev–Trinajstić information content (AvgIpc) is 3.48. The summed E-state index contributed by atoms with van der Waals surface area (Å²) in [4.78, 5) is 13.2. The third kappa shape index (κ3) is 2.50. The van der Waals surface area contributed by atoms with Crippen LogP contribution in [0.3, 0.4) is 0 Å². The van der Waals surface area contributed by atoms with Crippen molar-refractivity contribution in [3.63, 3.8) is 0 Å². The van der Waals surface area contributed by atoms with Crippen molar-refractivity contribution in [3.8, 4) is 17.0 Å². The number of anilines is 1. The van der Waals surface area contributed by atoms with Crippen molar-refractivity contribution in [1.82, 2.24) is 29.0 Å². The Morgan fingerprint density at radius 3 is 2.79 bits per heavy atom. The number of methoxy groups -OCH3 is 1. The van der Waals surface area contributed by atoms with Gasteiger partial charge in [0.15, 0.2) is 0 Å². The van der Waals surface area contributed by atoms with Gasteiger partial charge in [-0.3, -0.25) is 4.40 Å². The van der Waals surface area contributed by atoms with Gasteiger partial charge in [0, 0.05) is 47.7 Å². The number of aromatic nitrogens is 6. The van der Waals surface area contributed by atoms with E-state index in [1.807, 2.05) is 29.1 Å². The molecule has 0 aromatic carbocycles. The third-order valence-electron chi connectivity index (χ3n) is 6.41. The highest BCUT2D eigenvalue weighted by atomic mass is 16.5. The summed E-state index contributed by atoms with van der Waals surface area (Å²) in [5.74, 6) is 1.67. The van der Waals surface area contributed by atoms with E-state index >= 15 is 0 Å². The molecular formula is C20H21N7O2. The van der Waals surface area contributed by atoms with Gasteiger partial charge < -0.3 is 15.2 Å². The fourth-order valence-corrected chi connectivity index (χ4v) is 4.96. The molecule has 9 heteroatoms. The highest BCUT2D eigenvalue weighted by Gasteiger charge is 2.53. The first-order chi connectivity index (χ1) is 14.1. The molecule has 0 aliphatic heterocycles. The number of nitrogens with one attached hydrogen (secondary N) is 1. The lowest BCUT2D eigenvalue weighted by atomic mass is 9.93. The van der Waals surface area contributed by atoms with Crippen LogP contribution in [0, 0.1) is 0 Å². The van der Waals surface area contributed by atoms with E-state index in [9.17, 15) is 5.11 Å². The molecule has 0 unspecified atom stereocenters. The highest BCUT2D eigenvalue weighted by molar-refractivity contribution is 5.84. The van der Waals surface area contributed by atoms with Crippen LogP contribution in [-0.4, -0.2) is 52.3 Å². The molecule has 4 aromatic heterocycles. The summed E-state index contributed by atoms with van der Waals surface area (Å²) >= 11 is 0. The zero-order valence-corrected chi connectivity index (χ0v) is 16.0. The van der Waals surface area contributed by atoms with Crippen LogP contribution in [0.5, 0.6) is 5.88 Å². The van der Waals surface area contributed by atoms with E-state index in [0.29, 0.717) is 17.6 Å². The molecule has 9 nitrogen and oxygen atoms in total. The molecule has 2 saturated carbocycles. The minimum atomic E-state index is -0.527. The van der Waals surface area contributed by atoms with Crippen LogP contribution >= 0.6 is 0 Å². The predicted octanol–water partition coefficient (Wildman–Crippen LogP) is 2.31. The van der Waals surface area contributed by atoms with Crippen LogP contribution in [0.1, 0.15) is 32.1 Å². The van der Waals surface area contributed by atoms with Gasteiger partial charge in [0.2, 0.25) is 17.6 Å². The summed E-state index contributed by atoms with van der Waals surface area (Å²) in [6, 6.07) is 1.98. The van der Waals surface area contributed by atoms with Crippen LogP contribution in [0.2, 0.25) is 0 Å². The first kappa shape index (κ1) is 16.7. The van der Waals surface area contributed by atoms with Crippen molar-refractivity contribution >= 4 is 17.2 Å².